The molecule has 9 heteroatoms. The minimum Gasteiger partial charge on any atom is -0.543 e. The average molecular weight is 334 g/mol. The summed E-state index contributed by atoms with van der Waals surface area (Å²) < 4.78 is 5.02. The Morgan fingerprint density at radius 2 is 2.15 bits per heavy atom. The Bertz CT molecular complexity index is 671. The first-order valence-corrected chi connectivity index (χ1v) is 6.22. The number of aromatic nitrogens is 1. The second-order valence-corrected chi connectivity index (χ2v) is 4.54. The second kappa shape index (κ2) is 6.13. The molecule has 6 nitrogen and oxygen atoms in total. The quantitative estimate of drug-likeness (QED) is 0.527. The molecule has 0 aliphatic rings. The lowest BCUT2D eigenvalue weighted by molar-refractivity contribution is -0.255. The van der Waals surface area contributed by atoms with Crippen LogP contribution in [0.5, 0.6) is 0 Å². The van der Waals surface area contributed by atoms with Gasteiger partial charge in [-0.15, -0.1) is 0 Å². The number of carbonyl (C=O) groups excluding carboxylic acids is 1. The maximum atomic E-state index is 10.9. The molecule has 0 aromatic carbocycles. The highest BCUT2D eigenvalue weighted by Crippen LogP contribution is 2.36. The van der Waals surface area contributed by atoms with Crippen molar-refractivity contribution in [1.29, 1.82) is 0 Å². The molecule has 2 rings (SSSR count). The number of carboxylic acids is 1. The van der Waals surface area contributed by atoms with Crippen LogP contribution in [-0.2, 0) is 0 Å². The fourth-order valence-electron chi connectivity index (χ4n) is 1.27. The van der Waals surface area contributed by atoms with E-state index in [1.165, 1.54) is 12.5 Å². The summed E-state index contributed by atoms with van der Waals surface area (Å²) in [5.41, 5.74) is 1.96. The van der Waals surface area contributed by atoms with Crippen LogP contribution >= 0.6 is 34.8 Å². The van der Waals surface area contributed by atoms with E-state index in [0.29, 0.717) is 5.76 Å². The number of pyridine rings is 1. The van der Waals surface area contributed by atoms with Crippen molar-refractivity contribution >= 4 is 52.7 Å². The summed E-state index contributed by atoms with van der Waals surface area (Å²) in [5, 5.41) is 14.1. The van der Waals surface area contributed by atoms with Gasteiger partial charge in [0.15, 0.2) is 5.15 Å². The third-order valence-corrected chi connectivity index (χ3v) is 3.25. The highest BCUT2D eigenvalue weighted by molar-refractivity contribution is 6.46. The SMILES string of the molecule is O=C([O-])c1nc(Cl)c(Cl)c(N/N=C\c2ccco2)c1Cl. The molecular formula is C11H5Cl3N3O3-. The monoisotopic (exact) mass is 332 g/mol. The van der Waals surface area contributed by atoms with Gasteiger partial charge >= 0.3 is 0 Å². The topological polar surface area (TPSA) is 90.5 Å². The van der Waals surface area contributed by atoms with Crippen LogP contribution in [0.25, 0.3) is 0 Å². The third kappa shape index (κ3) is 3.04. The number of hydrogen-bond donors (Lipinski definition) is 1. The lowest BCUT2D eigenvalue weighted by Crippen LogP contribution is -2.24. The number of halogens is 3. The van der Waals surface area contributed by atoms with Crippen LogP contribution in [0.1, 0.15) is 16.2 Å². The standard InChI is InChI=1S/C11H6Cl3N3O3/c12-6-8(17-15-4-5-2-1-3-20-5)7(13)10(14)16-9(6)11(18)19/h1-4H,(H,16,17)(H,18,19)/p-1/b15-4-. The van der Waals surface area contributed by atoms with Crippen LogP contribution in [0.15, 0.2) is 27.9 Å². The minimum absolute atomic E-state index is 0.00957. The zero-order chi connectivity index (χ0) is 14.7. The molecule has 0 saturated carbocycles. The largest absolute Gasteiger partial charge is 0.543 e. The fourth-order valence-corrected chi connectivity index (χ4v) is 1.94. The molecule has 2 aromatic rings. The van der Waals surface area contributed by atoms with Gasteiger partial charge in [0.1, 0.15) is 16.5 Å². The van der Waals surface area contributed by atoms with E-state index >= 15 is 0 Å². The molecule has 1 N–H and O–H groups in total. The van der Waals surface area contributed by atoms with Gasteiger partial charge in [0.2, 0.25) is 0 Å². The molecule has 0 fully saturated rings. The molecule has 0 aliphatic heterocycles. The Morgan fingerprint density at radius 3 is 2.75 bits per heavy atom. The first-order valence-electron chi connectivity index (χ1n) is 5.09. The van der Waals surface area contributed by atoms with Gasteiger partial charge in [-0.2, -0.15) is 5.10 Å². The Hall–Kier alpha value is -1.76. The number of carbonyl (C=O) groups is 1. The van der Waals surface area contributed by atoms with E-state index in [4.69, 9.17) is 39.2 Å². The molecule has 0 saturated heterocycles. The van der Waals surface area contributed by atoms with E-state index in [-0.39, 0.29) is 20.9 Å². The lowest BCUT2D eigenvalue weighted by atomic mass is 10.3. The molecule has 0 spiro atoms. The van der Waals surface area contributed by atoms with E-state index in [1.807, 2.05) is 0 Å². The predicted molar refractivity (Wildman–Crippen MR) is 73.5 cm³/mol. The first-order chi connectivity index (χ1) is 9.50. The Kier molecular flexibility index (Phi) is 4.49. The fraction of sp³-hybridized carbons (Fsp3) is 0. The third-order valence-electron chi connectivity index (χ3n) is 2.14. The van der Waals surface area contributed by atoms with Crippen LogP contribution in [0.2, 0.25) is 15.2 Å². The number of aromatic carboxylic acids is 1. The Morgan fingerprint density at radius 1 is 1.40 bits per heavy atom. The van der Waals surface area contributed by atoms with Gasteiger partial charge in [-0.05, 0) is 12.1 Å². The molecule has 20 heavy (non-hydrogen) atoms. The van der Waals surface area contributed by atoms with Crippen molar-refractivity contribution in [3.05, 3.63) is 45.0 Å². The molecule has 0 unspecified atom stereocenters. The predicted octanol–water partition coefficient (Wildman–Crippen LogP) is 2.44. The number of carboxylic acid groups (broad SMARTS) is 1. The summed E-state index contributed by atoms with van der Waals surface area (Å²) in [6.07, 6.45) is 2.82. The van der Waals surface area contributed by atoms with Crippen LogP contribution in [0.4, 0.5) is 5.69 Å². The van der Waals surface area contributed by atoms with Gasteiger partial charge < -0.3 is 14.3 Å². The number of hydrogen-bond acceptors (Lipinski definition) is 6. The summed E-state index contributed by atoms with van der Waals surface area (Å²) >= 11 is 17.4. The van der Waals surface area contributed by atoms with Gasteiger partial charge in [-0.3, -0.25) is 5.43 Å². The van der Waals surface area contributed by atoms with E-state index < -0.39 is 11.7 Å². The number of furan rings is 1. The van der Waals surface area contributed by atoms with Gasteiger partial charge in [-0.1, -0.05) is 34.8 Å². The van der Waals surface area contributed by atoms with Crippen molar-refractivity contribution in [2.75, 3.05) is 5.43 Å². The number of anilines is 1. The van der Waals surface area contributed by atoms with Gasteiger partial charge in [0, 0.05) is 0 Å². The first kappa shape index (κ1) is 14.6. The summed E-state index contributed by atoms with van der Waals surface area (Å²) in [4.78, 5) is 14.4. The summed E-state index contributed by atoms with van der Waals surface area (Å²) in [5.74, 6) is -1.10. The van der Waals surface area contributed by atoms with Crippen molar-refractivity contribution in [2.45, 2.75) is 0 Å². The molecule has 0 bridgehead atoms. The summed E-state index contributed by atoms with van der Waals surface area (Å²) in [7, 11) is 0. The van der Waals surface area contributed by atoms with Crippen LogP contribution in [0, 0.1) is 0 Å². The number of nitrogens with zero attached hydrogens (tertiary/aromatic N) is 2. The zero-order valence-corrected chi connectivity index (χ0v) is 11.8. The van der Waals surface area contributed by atoms with Crippen molar-refractivity contribution in [1.82, 2.24) is 4.98 Å². The van der Waals surface area contributed by atoms with Gasteiger partial charge in [0.05, 0.1) is 29.2 Å². The molecule has 0 aliphatic carbocycles. The minimum atomic E-state index is -1.58. The lowest BCUT2D eigenvalue weighted by Gasteiger charge is -2.11. The van der Waals surface area contributed by atoms with Crippen molar-refractivity contribution in [3.8, 4) is 0 Å². The normalized spacial score (nSPS) is 10.9. The Balaban J connectivity index is 2.33. The highest BCUT2D eigenvalue weighted by Gasteiger charge is 2.16. The van der Waals surface area contributed by atoms with Crippen LogP contribution in [-0.4, -0.2) is 17.2 Å². The Labute approximate surface area is 128 Å². The average Bonchev–Trinajstić information content (AvgIpc) is 2.90. The molecular weight excluding hydrogens is 328 g/mol. The van der Waals surface area contributed by atoms with Crippen LogP contribution in [0.3, 0.4) is 0 Å². The smallest absolute Gasteiger partial charge is 0.150 e. The molecule has 104 valence electrons. The second-order valence-electron chi connectivity index (χ2n) is 3.43. The van der Waals surface area contributed by atoms with Gasteiger partial charge in [0.25, 0.3) is 0 Å². The van der Waals surface area contributed by atoms with Crippen LogP contribution < -0.4 is 10.5 Å². The molecule has 2 aromatic heterocycles. The molecule has 0 amide bonds. The maximum absolute atomic E-state index is 10.9. The van der Waals surface area contributed by atoms with Crippen molar-refractivity contribution < 1.29 is 14.3 Å². The summed E-state index contributed by atoms with van der Waals surface area (Å²) in [6, 6.07) is 3.35. The summed E-state index contributed by atoms with van der Waals surface area (Å²) in [6.45, 7) is 0. The highest BCUT2D eigenvalue weighted by atomic mass is 35.5. The van der Waals surface area contributed by atoms with Crippen molar-refractivity contribution in [3.63, 3.8) is 0 Å². The number of hydrazone groups is 1. The van der Waals surface area contributed by atoms with E-state index in [2.05, 4.69) is 15.5 Å². The van der Waals surface area contributed by atoms with E-state index in [9.17, 15) is 9.90 Å². The molecule has 0 atom stereocenters. The van der Waals surface area contributed by atoms with Gasteiger partial charge in [-0.25, -0.2) is 4.98 Å². The maximum Gasteiger partial charge on any atom is 0.150 e. The zero-order valence-electron chi connectivity index (χ0n) is 9.56. The molecule has 2 heterocycles. The molecule has 0 radical (unpaired) electrons. The van der Waals surface area contributed by atoms with E-state index in [0.717, 1.165) is 0 Å². The number of nitrogens with one attached hydrogen (secondary N) is 1. The number of rotatable bonds is 4. The van der Waals surface area contributed by atoms with E-state index in [1.54, 1.807) is 12.1 Å². The van der Waals surface area contributed by atoms with Crippen molar-refractivity contribution in [2.24, 2.45) is 5.10 Å².